The molecule has 0 saturated heterocycles. The van der Waals surface area contributed by atoms with Gasteiger partial charge < -0.3 is 15.0 Å². The summed E-state index contributed by atoms with van der Waals surface area (Å²) in [5, 5.41) is 3.85. The summed E-state index contributed by atoms with van der Waals surface area (Å²) in [6, 6.07) is 19.8. The number of hydrogen-bond donors (Lipinski definition) is 1. The van der Waals surface area contributed by atoms with Crippen LogP contribution in [0.5, 0.6) is 5.75 Å². The Bertz CT molecular complexity index is 1220. The lowest BCUT2D eigenvalue weighted by Crippen LogP contribution is -2.52. The normalized spacial score (nSPS) is 11.8. The predicted octanol–water partition coefficient (Wildman–Crippen LogP) is 7.11. The molecule has 0 saturated carbocycles. The van der Waals surface area contributed by atoms with Crippen LogP contribution < -0.4 is 10.1 Å². The third-order valence-electron chi connectivity index (χ3n) is 6.10. The Morgan fingerprint density at radius 1 is 0.974 bits per heavy atom. The molecule has 5 nitrogen and oxygen atoms in total. The number of nitrogens with one attached hydrogen (secondary N) is 1. The summed E-state index contributed by atoms with van der Waals surface area (Å²) in [7, 11) is 0. The molecular weight excluding hydrogens is 587 g/mol. The second kappa shape index (κ2) is 14.6. The van der Waals surface area contributed by atoms with Gasteiger partial charge in [0.1, 0.15) is 11.8 Å². The molecule has 38 heavy (non-hydrogen) atoms. The summed E-state index contributed by atoms with van der Waals surface area (Å²) in [4.78, 5) is 28.8. The molecule has 0 unspecified atom stereocenters. The molecule has 0 aliphatic carbocycles. The van der Waals surface area contributed by atoms with Crippen molar-refractivity contribution in [2.45, 2.75) is 46.2 Å². The van der Waals surface area contributed by atoms with Crippen molar-refractivity contribution >= 4 is 50.9 Å². The van der Waals surface area contributed by atoms with E-state index in [2.05, 4.69) is 28.2 Å². The molecule has 2 amide bonds. The van der Waals surface area contributed by atoms with Crippen molar-refractivity contribution in [2.24, 2.45) is 5.92 Å². The number of nitrogens with zero attached hydrogens (tertiary/aromatic N) is 1. The van der Waals surface area contributed by atoms with Gasteiger partial charge in [-0.05, 0) is 63.7 Å². The van der Waals surface area contributed by atoms with Gasteiger partial charge in [0.05, 0.1) is 4.47 Å². The van der Waals surface area contributed by atoms with Crippen molar-refractivity contribution in [1.29, 1.82) is 0 Å². The fourth-order valence-corrected chi connectivity index (χ4v) is 4.99. The van der Waals surface area contributed by atoms with Gasteiger partial charge in [-0.25, -0.2) is 0 Å². The van der Waals surface area contributed by atoms with Gasteiger partial charge in [-0.2, -0.15) is 0 Å². The number of rotatable bonds is 12. The summed E-state index contributed by atoms with van der Waals surface area (Å²) in [5.41, 5.74) is 2.65. The summed E-state index contributed by atoms with van der Waals surface area (Å²) < 4.78 is 6.68. The molecular formula is C30H33BrCl2N2O3. The van der Waals surface area contributed by atoms with Crippen LogP contribution in [0, 0.1) is 5.92 Å². The Kier molecular flexibility index (Phi) is 11.5. The highest BCUT2D eigenvalue weighted by molar-refractivity contribution is 9.10. The highest BCUT2D eigenvalue weighted by atomic mass is 79.9. The molecule has 0 bridgehead atoms. The van der Waals surface area contributed by atoms with Gasteiger partial charge in [0.15, 0.2) is 6.61 Å². The Morgan fingerprint density at radius 2 is 1.66 bits per heavy atom. The van der Waals surface area contributed by atoms with E-state index in [0.29, 0.717) is 34.3 Å². The largest absolute Gasteiger partial charge is 0.483 e. The van der Waals surface area contributed by atoms with Crippen molar-refractivity contribution in [2.75, 3.05) is 13.2 Å². The lowest BCUT2D eigenvalue weighted by atomic mass is 10.0. The first-order chi connectivity index (χ1) is 18.2. The van der Waals surface area contributed by atoms with Crippen LogP contribution in [0.2, 0.25) is 10.0 Å². The van der Waals surface area contributed by atoms with Crippen molar-refractivity contribution in [3.05, 3.63) is 97.9 Å². The molecule has 202 valence electrons. The van der Waals surface area contributed by atoms with Crippen molar-refractivity contribution in [1.82, 2.24) is 10.2 Å². The minimum absolute atomic E-state index is 0.0588. The molecule has 0 heterocycles. The number of ether oxygens (including phenoxy) is 1. The minimum atomic E-state index is -0.800. The molecule has 0 fully saturated rings. The van der Waals surface area contributed by atoms with Gasteiger partial charge in [0, 0.05) is 35.1 Å². The van der Waals surface area contributed by atoms with Gasteiger partial charge in [-0.15, -0.1) is 0 Å². The third-order valence-corrected chi connectivity index (χ3v) is 7.43. The number of amides is 2. The Hall–Kier alpha value is -2.54. The Balaban J connectivity index is 1.95. The molecule has 0 aliphatic heterocycles. The summed E-state index contributed by atoms with van der Waals surface area (Å²) in [6.45, 7) is 6.41. The van der Waals surface area contributed by atoms with Gasteiger partial charge in [0.25, 0.3) is 5.91 Å². The van der Waals surface area contributed by atoms with Gasteiger partial charge in [0.2, 0.25) is 5.91 Å². The highest BCUT2D eigenvalue weighted by Crippen LogP contribution is 2.29. The smallest absolute Gasteiger partial charge is 0.261 e. The van der Waals surface area contributed by atoms with E-state index in [1.165, 1.54) is 4.90 Å². The number of aryl methyl sites for hydroxylation is 1. The number of carbonyl (C=O) groups excluding carboxylic acids is 2. The second-order valence-corrected chi connectivity index (χ2v) is 11.1. The Morgan fingerprint density at radius 3 is 2.26 bits per heavy atom. The molecule has 3 rings (SSSR count). The molecule has 0 spiro atoms. The van der Waals surface area contributed by atoms with E-state index in [-0.39, 0.29) is 30.9 Å². The zero-order valence-electron chi connectivity index (χ0n) is 21.8. The lowest BCUT2D eigenvalue weighted by molar-refractivity contribution is -0.142. The molecule has 0 radical (unpaired) electrons. The van der Waals surface area contributed by atoms with Crippen LogP contribution in [0.1, 0.15) is 37.5 Å². The number of benzene rings is 3. The van der Waals surface area contributed by atoms with Crippen LogP contribution in [0.4, 0.5) is 0 Å². The Labute approximate surface area is 243 Å². The van der Waals surface area contributed by atoms with Crippen LogP contribution in [0.25, 0.3) is 0 Å². The number of carbonyl (C=O) groups is 2. The predicted molar refractivity (Wildman–Crippen MR) is 158 cm³/mol. The standard InChI is InChI=1S/C30H33BrCl2N2O3/c1-4-21-13-14-28(24(31)15-21)38-19-29(36)35(18-23-25(32)11-8-12-26(23)33)27(30(37)34-17-20(2)3)16-22-9-6-5-7-10-22/h5-15,20,27H,4,16-19H2,1-3H3,(H,34,37)/t27-/m1/s1. The number of halogens is 3. The molecule has 1 N–H and O–H groups in total. The van der Waals surface area contributed by atoms with Crippen LogP contribution in [-0.2, 0) is 29.0 Å². The minimum Gasteiger partial charge on any atom is -0.483 e. The lowest BCUT2D eigenvalue weighted by Gasteiger charge is -2.32. The topological polar surface area (TPSA) is 58.6 Å². The average Bonchev–Trinajstić information content (AvgIpc) is 2.90. The quantitative estimate of drug-likeness (QED) is 0.235. The molecule has 1 atom stereocenters. The van der Waals surface area contributed by atoms with E-state index in [0.717, 1.165) is 22.0 Å². The maximum absolute atomic E-state index is 13.8. The number of hydrogen-bond acceptors (Lipinski definition) is 3. The van der Waals surface area contributed by atoms with E-state index < -0.39 is 6.04 Å². The summed E-state index contributed by atoms with van der Waals surface area (Å²) in [6.07, 6.45) is 1.21. The van der Waals surface area contributed by atoms with E-state index in [1.807, 2.05) is 62.4 Å². The van der Waals surface area contributed by atoms with Gasteiger partial charge in [-0.3, -0.25) is 9.59 Å². The van der Waals surface area contributed by atoms with E-state index in [4.69, 9.17) is 27.9 Å². The van der Waals surface area contributed by atoms with E-state index in [9.17, 15) is 9.59 Å². The second-order valence-electron chi connectivity index (χ2n) is 9.47. The summed E-state index contributed by atoms with van der Waals surface area (Å²) in [5.74, 6) is 0.209. The first kappa shape index (κ1) is 30.0. The van der Waals surface area contributed by atoms with Gasteiger partial charge in [-0.1, -0.05) is 86.4 Å². The van der Waals surface area contributed by atoms with Crippen LogP contribution in [-0.4, -0.2) is 35.9 Å². The molecule has 3 aromatic rings. The van der Waals surface area contributed by atoms with E-state index in [1.54, 1.807) is 18.2 Å². The molecule has 3 aromatic carbocycles. The highest BCUT2D eigenvalue weighted by Gasteiger charge is 2.31. The zero-order chi connectivity index (χ0) is 27.7. The maximum Gasteiger partial charge on any atom is 0.261 e. The molecule has 0 aliphatic rings. The van der Waals surface area contributed by atoms with Crippen molar-refractivity contribution in [3.8, 4) is 5.75 Å². The van der Waals surface area contributed by atoms with Crippen molar-refractivity contribution in [3.63, 3.8) is 0 Å². The van der Waals surface area contributed by atoms with Crippen LogP contribution in [0.3, 0.4) is 0 Å². The van der Waals surface area contributed by atoms with Crippen molar-refractivity contribution < 1.29 is 14.3 Å². The van der Waals surface area contributed by atoms with Crippen LogP contribution >= 0.6 is 39.1 Å². The maximum atomic E-state index is 13.8. The first-order valence-corrected chi connectivity index (χ1v) is 14.2. The fourth-order valence-electron chi connectivity index (χ4n) is 3.93. The molecule has 8 heteroatoms. The fraction of sp³-hybridized carbons (Fsp3) is 0.333. The van der Waals surface area contributed by atoms with E-state index >= 15 is 0 Å². The molecule has 0 aromatic heterocycles. The van der Waals surface area contributed by atoms with Crippen LogP contribution in [0.15, 0.2) is 71.2 Å². The SMILES string of the molecule is CCc1ccc(OCC(=O)N(Cc2c(Cl)cccc2Cl)[C@H](Cc2ccccc2)C(=O)NCC(C)C)c(Br)c1. The first-order valence-electron chi connectivity index (χ1n) is 12.6. The summed E-state index contributed by atoms with van der Waals surface area (Å²) >= 11 is 16.5. The zero-order valence-corrected chi connectivity index (χ0v) is 24.9. The average molecular weight is 620 g/mol. The third kappa shape index (κ3) is 8.48. The van der Waals surface area contributed by atoms with Gasteiger partial charge >= 0.3 is 0 Å². The monoisotopic (exact) mass is 618 g/mol.